The van der Waals surface area contributed by atoms with E-state index in [4.69, 9.17) is 14.9 Å². The van der Waals surface area contributed by atoms with Crippen molar-refractivity contribution in [1.29, 1.82) is 0 Å². The van der Waals surface area contributed by atoms with E-state index in [1.54, 1.807) is 0 Å². The van der Waals surface area contributed by atoms with Crippen LogP contribution in [0.15, 0.2) is 59.0 Å². The van der Waals surface area contributed by atoms with Crippen molar-refractivity contribution in [2.45, 2.75) is 19.9 Å². The first-order chi connectivity index (χ1) is 11.3. The fourth-order valence-electron chi connectivity index (χ4n) is 2.35. The molecule has 0 fully saturated rings. The van der Waals surface area contributed by atoms with Crippen LogP contribution in [0.5, 0.6) is 5.75 Å². The van der Waals surface area contributed by atoms with E-state index in [0.717, 1.165) is 28.3 Å². The summed E-state index contributed by atoms with van der Waals surface area (Å²) in [7, 11) is 0. The van der Waals surface area contributed by atoms with Crippen LogP contribution in [-0.2, 0) is 13.0 Å². The highest BCUT2D eigenvalue weighted by molar-refractivity contribution is 5.53. The summed E-state index contributed by atoms with van der Waals surface area (Å²) < 4.78 is 11.5. The molecule has 0 aliphatic rings. The van der Waals surface area contributed by atoms with Crippen LogP contribution >= 0.6 is 0 Å². The second-order valence-corrected chi connectivity index (χ2v) is 5.33. The SMILES string of the molecule is Cc1oc(-c2ccccc2)nc1CCOc1ccc(CN)cc1. The van der Waals surface area contributed by atoms with Crippen LogP contribution < -0.4 is 10.5 Å². The summed E-state index contributed by atoms with van der Waals surface area (Å²) in [4.78, 5) is 4.58. The number of oxazole rings is 1. The lowest BCUT2D eigenvalue weighted by atomic mass is 10.2. The van der Waals surface area contributed by atoms with E-state index in [9.17, 15) is 0 Å². The van der Waals surface area contributed by atoms with Crippen molar-refractivity contribution >= 4 is 0 Å². The molecule has 2 aromatic carbocycles. The number of aryl methyl sites for hydroxylation is 1. The smallest absolute Gasteiger partial charge is 0.226 e. The number of nitrogens with two attached hydrogens (primary N) is 1. The van der Waals surface area contributed by atoms with E-state index in [0.29, 0.717) is 25.5 Å². The predicted molar refractivity (Wildman–Crippen MR) is 90.2 cm³/mol. The standard InChI is InChI=1S/C19H20N2O2/c1-14-18(21-19(23-14)16-5-3-2-4-6-16)11-12-22-17-9-7-15(13-20)8-10-17/h2-10H,11-13,20H2,1H3. The van der Waals surface area contributed by atoms with Crippen molar-refractivity contribution in [3.05, 3.63) is 71.6 Å². The first kappa shape index (κ1) is 15.3. The van der Waals surface area contributed by atoms with Crippen LogP contribution in [0.4, 0.5) is 0 Å². The molecule has 3 rings (SSSR count). The predicted octanol–water partition coefficient (Wildman–Crippen LogP) is 3.73. The first-order valence-electron chi connectivity index (χ1n) is 7.70. The molecule has 0 aliphatic carbocycles. The van der Waals surface area contributed by atoms with Crippen molar-refractivity contribution < 1.29 is 9.15 Å². The van der Waals surface area contributed by atoms with Crippen LogP contribution in [0, 0.1) is 6.92 Å². The van der Waals surface area contributed by atoms with Crippen LogP contribution in [0.1, 0.15) is 17.0 Å². The number of benzene rings is 2. The number of hydrogen-bond acceptors (Lipinski definition) is 4. The first-order valence-corrected chi connectivity index (χ1v) is 7.70. The van der Waals surface area contributed by atoms with E-state index < -0.39 is 0 Å². The third-order valence-corrected chi connectivity index (χ3v) is 3.68. The largest absolute Gasteiger partial charge is 0.493 e. The molecule has 0 saturated heterocycles. The van der Waals surface area contributed by atoms with Gasteiger partial charge in [-0.05, 0) is 36.8 Å². The average Bonchev–Trinajstić information content (AvgIpc) is 2.97. The molecule has 118 valence electrons. The summed E-state index contributed by atoms with van der Waals surface area (Å²) in [6, 6.07) is 17.7. The molecule has 1 heterocycles. The molecule has 0 spiro atoms. The topological polar surface area (TPSA) is 61.3 Å². The molecule has 3 aromatic rings. The fraction of sp³-hybridized carbons (Fsp3) is 0.211. The zero-order valence-corrected chi connectivity index (χ0v) is 13.2. The third-order valence-electron chi connectivity index (χ3n) is 3.68. The van der Waals surface area contributed by atoms with Gasteiger partial charge >= 0.3 is 0 Å². The Bertz CT molecular complexity index is 749. The highest BCUT2D eigenvalue weighted by Crippen LogP contribution is 2.22. The summed E-state index contributed by atoms with van der Waals surface area (Å²) in [6.07, 6.45) is 0.709. The van der Waals surface area contributed by atoms with Gasteiger partial charge in [-0.25, -0.2) is 4.98 Å². The molecule has 1 aromatic heterocycles. The maximum Gasteiger partial charge on any atom is 0.226 e. The second-order valence-electron chi connectivity index (χ2n) is 5.33. The maximum absolute atomic E-state index is 5.76. The summed E-state index contributed by atoms with van der Waals surface area (Å²) in [6.45, 7) is 3.04. The molecule has 0 saturated carbocycles. The lowest BCUT2D eigenvalue weighted by Gasteiger charge is -2.05. The van der Waals surface area contributed by atoms with Gasteiger partial charge in [-0.3, -0.25) is 0 Å². The highest BCUT2D eigenvalue weighted by Gasteiger charge is 2.11. The molecule has 0 unspecified atom stereocenters. The van der Waals surface area contributed by atoms with Crippen molar-refractivity contribution in [3.8, 4) is 17.2 Å². The van der Waals surface area contributed by atoms with E-state index >= 15 is 0 Å². The van der Waals surface area contributed by atoms with Gasteiger partial charge in [0.25, 0.3) is 0 Å². The number of hydrogen-bond donors (Lipinski definition) is 1. The van der Waals surface area contributed by atoms with Gasteiger partial charge in [-0.15, -0.1) is 0 Å². The van der Waals surface area contributed by atoms with Crippen LogP contribution in [0.3, 0.4) is 0 Å². The monoisotopic (exact) mass is 308 g/mol. The molecule has 0 atom stereocenters. The average molecular weight is 308 g/mol. The van der Waals surface area contributed by atoms with E-state index in [1.807, 2.05) is 61.5 Å². The van der Waals surface area contributed by atoms with E-state index in [2.05, 4.69) is 4.98 Å². The minimum Gasteiger partial charge on any atom is -0.493 e. The Morgan fingerprint density at radius 2 is 1.78 bits per heavy atom. The summed E-state index contributed by atoms with van der Waals surface area (Å²) >= 11 is 0. The Balaban J connectivity index is 1.61. The van der Waals surface area contributed by atoms with Gasteiger partial charge in [0.2, 0.25) is 5.89 Å². The minimum absolute atomic E-state index is 0.542. The lowest BCUT2D eigenvalue weighted by molar-refractivity contribution is 0.320. The number of nitrogens with zero attached hydrogens (tertiary/aromatic N) is 1. The highest BCUT2D eigenvalue weighted by atomic mass is 16.5. The van der Waals surface area contributed by atoms with Crippen LogP contribution in [0.2, 0.25) is 0 Å². The lowest BCUT2D eigenvalue weighted by Crippen LogP contribution is -2.03. The van der Waals surface area contributed by atoms with E-state index in [1.165, 1.54) is 0 Å². The molecule has 0 aliphatic heterocycles. The second kappa shape index (κ2) is 7.11. The van der Waals surface area contributed by atoms with Crippen LogP contribution in [-0.4, -0.2) is 11.6 Å². The van der Waals surface area contributed by atoms with Gasteiger partial charge in [-0.1, -0.05) is 30.3 Å². The molecular weight excluding hydrogens is 288 g/mol. The molecule has 2 N–H and O–H groups in total. The van der Waals surface area contributed by atoms with Gasteiger partial charge < -0.3 is 14.9 Å². The van der Waals surface area contributed by atoms with E-state index in [-0.39, 0.29) is 0 Å². The molecular formula is C19H20N2O2. The molecule has 0 amide bonds. The Morgan fingerprint density at radius 1 is 1.04 bits per heavy atom. The van der Waals surface area contributed by atoms with Crippen molar-refractivity contribution in [3.63, 3.8) is 0 Å². The number of ether oxygens (including phenoxy) is 1. The van der Waals surface area contributed by atoms with Crippen LogP contribution in [0.25, 0.3) is 11.5 Å². The Kier molecular flexibility index (Phi) is 4.74. The zero-order chi connectivity index (χ0) is 16.1. The summed E-state index contributed by atoms with van der Waals surface area (Å²) in [5.74, 6) is 2.34. The number of rotatable bonds is 6. The third kappa shape index (κ3) is 3.79. The molecule has 0 radical (unpaired) electrons. The van der Waals surface area contributed by atoms with Gasteiger partial charge in [0.05, 0.1) is 12.3 Å². The Morgan fingerprint density at radius 3 is 2.48 bits per heavy atom. The van der Waals surface area contributed by atoms with Crippen molar-refractivity contribution in [1.82, 2.24) is 4.98 Å². The molecule has 23 heavy (non-hydrogen) atoms. The fourth-order valence-corrected chi connectivity index (χ4v) is 2.35. The normalized spacial score (nSPS) is 10.7. The minimum atomic E-state index is 0.542. The van der Waals surface area contributed by atoms with Gasteiger partial charge in [0, 0.05) is 18.5 Å². The Hall–Kier alpha value is -2.59. The maximum atomic E-state index is 5.76. The van der Waals surface area contributed by atoms with Gasteiger partial charge in [0.15, 0.2) is 0 Å². The molecule has 0 bridgehead atoms. The van der Waals surface area contributed by atoms with Crippen molar-refractivity contribution in [2.75, 3.05) is 6.61 Å². The van der Waals surface area contributed by atoms with Crippen molar-refractivity contribution in [2.24, 2.45) is 5.73 Å². The summed E-state index contributed by atoms with van der Waals surface area (Å²) in [5.41, 5.74) is 8.60. The molecule has 4 nitrogen and oxygen atoms in total. The quantitative estimate of drug-likeness (QED) is 0.753. The Labute approximate surface area is 135 Å². The van der Waals surface area contributed by atoms with Gasteiger partial charge in [0.1, 0.15) is 11.5 Å². The molecule has 4 heteroatoms. The number of aromatic nitrogens is 1. The van der Waals surface area contributed by atoms with Gasteiger partial charge in [-0.2, -0.15) is 0 Å². The zero-order valence-electron chi connectivity index (χ0n) is 13.2. The summed E-state index contributed by atoms with van der Waals surface area (Å²) in [5, 5.41) is 0.